The Morgan fingerprint density at radius 3 is 2.35 bits per heavy atom. The summed E-state index contributed by atoms with van der Waals surface area (Å²) in [4.78, 5) is 25.6. The van der Waals surface area contributed by atoms with Gasteiger partial charge in [0.15, 0.2) is 0 Å². The summed E-state index contributed by atoms with van der Waals surface area (Å²) in [6.45, 7) is 2.57. The summed E-state index contributed by atoms with van der Waals surface area (Å²) in [6, 6.07) is 0. The van der Waals surface area contributed by atoms with Gasteiger partial charge in [0, 0.05) is 0 Å². The average molecular weight is 290 g/mol. The van der Waals surface area contributed by atoms with Crippen molar-refractivity contribution in [1.82, 2.24) is 0 Å². The third-order valence-electron chi connectivity index (χ3n) is 2.20. The van der Waals surface area contributed by atoms with Gasteiger partial charge in [-0.2, -0.15) is 4.31 Å². The molecule has 3 N–H and O–H groups in total. The van der Waals surface area contributed by atoms with Gasteiger partial charge in [-0.05, 0) is 26.2 Å². The van der Waals surface area contributed by atoms with Gasteiger partial charge < -0.3 is 19.4 Å². The molecule has 1 aliphatic heterocycles. The summed E-state index contributed by atoms with van der Waals surface area (Å²) in [5.74, 6) is 0. The quantitative estimate of drug-likeness (QED) is 0.345. The van der Waals surface area contributed by atoms with Crippen LogP contribution < -0.4 is 0 Å². The van der Waals surface area contributed by atoms with Gasteiger partial charge in [-0.1, -0.05) is 0 Å². The van der Waals surface area contributed by atoms with E-state index in [-0.39, 0.29) is 12.2 Å². The number of hydrogen-bond donors (Lipinski definition) is 3. The molecule has 1 rings (SSSR count). The van der Waals surface area contributed by atoms with E-state index in [4.69, 9.17) is 19.4 Å². The molecule has 2 unspecified atom stereocenters. The zero-order valence-electron chi connectivity index (χ0n) is 9.31. The van der Waals surface area contributed by atoms with Crippen LogP contribution in [0.3, 0.4) is 0 Å². The summed E-state index contributed by atoms with van der Waals surface area (Å²) in [6.07, 6.45) is 2.02. The molecule has 1 saturated heterocycles. The lowest BCUT2D eigenvalue weighted by molar-refractivity contribution is 0.174. The third-order valence-corrected chi connectivity index (χ3v) is 4.39. The molecule has 0 radical (unpaired) electrons. The monoisotopic (exact) mass is 290 g/mol. The topological polar surface area (TPSA) is 126 Å². The first-order valence-electron chi connectivity index (χ1n) is 5.00. The molecular weight excluding hydrogens is 274 g/mol. The zero-order valence-corrected chi connectivity index (χ0v) is 11.1. The van der Waals surface area contributed by atoms with Gasteiger partial charge in [-0.25, -0.2) is 9.13 Å². The van der Waals surface area contributed by atoms with Crippen LogP contribution in [0, 0.1) is 0 Å². The first kappa shape index (κ1) is 15.3. The molecule has 0 bridgehead atoms. The van der Waals surface area contributed by atoms with Crippen molar-refractivity contribution in [3.05, 3.63) is 0 Å². The van der Waals surface area contributed by atoms with Crippen LogP contribution in [-0.2, 0) is 22.7 Å². The Kier molecular flexibility index (Phi) is 4.91. The Bertz CT molecular complexity index is 346. The Morgan fingerprint density at radius 1 is 1.29 bits per heavy atom. The minimum Gasteiger partial charge on any atom is -0.370 e. The van der Waals surface area contributed by atoms with E-state index in [1.807, 2.05) is 6.92 Å². The highest BCUT2D eigenvalue weighted by atomic mass is 31.3. The van der Waals surface area contributed by atoms with Crippen LogP contribution in [0.1, 0.15) is 26.2 Å². The standard InChI is InChI=1S/C7H16O8P2/c1-7(6-13-7)4-2-3-5-14-17(11,12)15-16(8,9)10/h2-6H2,1H3,(H,11,12)(H2,8,9,10). The van der Waals surface area contributed by atoms with E-state index in [0.717, 1.165) is 12.8 Å². The smallest absolute Gasteiger partial charge is 0.370 e. The average Bonchev–Trinajstić information content (AvgIpc) is 2.78. The maximum absolute atomic E-state index is 11.0. The Labute approximate surface area is 98.7 Å². The summed E-state index contributed by atoms with van der Waals surface area (Å²) in [5, 5.41) is 0. The van der Waals surface area contributed by atoms with Crippen molar-refractivity contribution in [3.63, 3.8) is 0 Å². The molecule has 0 aromatic carbocycles. The maximum Gasteiger partial charge on any atom is 0.481 e. The fourth-order valence-electron chi connectivity index (χ4n) is 1.21. The molecule has 0 amide bonds. The lowest BCUT2D eigenvalue weighted by Gasteiger charge is -2.12. The lowest BCUT2D eigenvalue weighted by Crippen LogP contribution is -2.04. The number of unbranched alkanes of at least 4 members (excludes halogenated alkanes) is 1. The molecule has 8 nitrogen and oxygen atoms in total. The van der Waals surface area contributed by atoms with Crippen molar-refractivity contribution in [2.24, 2.45) is 0 Å². The highest BCUT2D eigenvalue weighted by Gasteiger charge is 2.38. The molecule has 10 heteroatoms. The first-order valence-corrected chi connectivity index (χ1v) is 8.03. The number of hydrogen-bond acceptors (Lipinski definition) is 5. The predicted molar refractivity (Wildman–Crippen MR) is 57.1 cm³/mol. The molecule has 1 heterocycles. The van der Waals surface area contributed by atoms with E-state index in [1.165, 1.54) is 0 Å². The molecule has 102 valence electrons. The molecule has 0 aromatic heterocycles. The van der Waals surface area contributed by atoms with Gasteiger partial charge >= 0.3 is 15.6 Å². The fraction of sp³-hybridized carbons (Fsp3) is 1.00. The van der Waals surface area contributed by atoms with Crippen LogP contribution in [0.4, 0.5) is 0 Å². The van der Waals surface area contributed by atoms with Gasteiger partial charge in [0.05, 0.1) is 18.8 Å². The van der Waals surface area contributed by atoms with Crippen molar-refractivity contribution in [1.29, 1.82) is 0 Å². The number of phosphoric ester groups is 1. The highest BCUT2D eigenvalue weighted by molar-refractivity contribution is 7.60. The molecule has 0 spiro atoms. The van der Waals surface area contributed by atoms with Crippen LogP contribution in [0.15, 0.2) is 0 Å². The molecule has 17 heavy (non-hydrogen) atoms. The van der Waals surface area contributed by atoms with E-state index >= 15 is 0 Å². The van der Waals surface area contributed by atoms with E-state index in [2.05, 4.69) is 8.83 Å². The highest BCUT2D eigenvalue weighted by Crippen LogP contribution is 2.57. The van der Waals surface area contributed by atoms with Crippen molar-refractivity contribution in [2.75, 3.05) is 13.2 Å². The summed E-state index contributed by atoms with van der Waals surface area (Å²) in [5.41, 5.74) is -0.0781. The third kappa shape index (κ3) is 7.28. The second kappa shape index (κ2) is 5.47. The fourth-order valence-corrected chi connectivity index (χ4v) is 2.83. The second-order valence-corrected chi connectivity index (χ2v) is 6.90. The molecule has 1 fully saturated rings. The number of epoxide rings is 1. The predicted octanol–water partition coefficient (Wildman–Crippen LogP) is 1.17. The second-order valence-electron chi connectivity index (χ2n) is 4.07. The van der Waals surface area contributed by atoms with Crippen LogP contribution >= 0.6 is 15.6 Å². The number of phosphoric acid groups is 2. The van der Waals surface area contributed by atoms with E-state index < -0.39 is 15.6 Å². The van der Waals surface area contributed by atoms with E-state index in [0.29, 0.717) is 13.0 Å². The summed E-state index contributed by atoms with van der Waals surface area (Å²) in [7, 11) is -9.69. The molecule has 0 aliphatic carbocycles. The van der Waals surface area contributed by atoms with Gasteiger partial charge in [0.2, 0.25) is 0 Å². The van der Waals surface area contributed by atoms with Gasteiger partial charge in [0.25, 0.3) is 0 Å². The van der Waals surface area contributed by atoms with E-state index in [9.17, 15) is 9.13 Å². The normalized spacial score (nSPS) is 27.8. The van der Waals surface area contributed by atoms with Crippen LogP contribution in [0.25, 0.3) is 0 Å². The van der Waals surface area contributed by atoms with Crippen LogP contribution in [0.2, 0.25) is 0 Å². The minimum absolute atomic E-state index is 0.0781. The number of ether oxygens (including phenoxy) is 1. The van der Waals surface area contributed by atoms with E-state index in [1.54, 1.807) is 0 Å². The Balaban J connectivity index is 2.12. The number of rotatable bonds is 8. The van der Waals surface area contributed by atoms with Crippen molar-refractivity contribution in [2.45, 2.75) is 31.8 Å². The SMILES string of the molecule is CC1(CCCCOP(=O)(O)OP(=O)(O)O)CO1. The molecule has 0 aromatic rings. The van der Waals surface area contributed by atoms with Crippen LogP contribution in [-0.4, -0.2) is 33.5 Å². The van der Waals surface area contributed by atoms with Gasteiger partial charge in [0.1, 0.15) is 0 Å². The first-order chi connectivity index (χ1) is 7.62. The molecular formula is C7H16O8P2. The lowest BCUT2D eigenvalue weighted by atomic mass is 10.1. The maximum atomic E-state index is 11.0. The summed E-state index contributed by atoms with van der Waals surface area (Å²) >= 11 is 0. The summed E-state index contributed by atoms with van der Waals surface area (Å²) < 4.78 is 34.5. The zero-order chi connectivity index (χ0) is 13.2. The van der Waals surface area contributed by atoms with Crippen molar-refractivity contribution < 1.29 is 37.4 Å². The van der Waals surface area contributed by atoms with Crippen molar-refractivity contribution >= 4 is 15.6 Å². The largest absolute Gasteiger partial charge is 0.481 e. The molecule has 0 saturated carbocycles. The van der Waals surface area contributed by atoms with Gasteiger partial charge in [-0.3, -0.25) is 4.52 Å². The van der Waals surface area contributed by atoms with Crippen molar-refractivity contribution in [3.8, 4) is 0 Å². The Morgan fingerprint density at radius 2 is 1.88 bits per heavy atom. The molecule has 2 atom stereocenters. The Hall–Kier alpha value is 0.220. The minimum atomic E-state index is -5.02. The van der Waals surface area contributed by atoms with Crippen LogP contribution in [0.5, 0.6) is 0 Å². The molecule has 1 aliphatic rings. The van der Waals surface area contributed by atoms with Gasteiger partial charge in [-0.15, -0.1) is 0 Å².